The van der Waals surface area contributed by atoms with Gasteiger partial charge in [0.2, 0.25) is 5.91 Å². The van der Waals surface area contributed by atoms with Crippen molar-refractivity contribution in [3.05, 3.63) is 35.4 Å². The second kappa shape index (κ2) is 10.1. The predicted octanol–water partition coefficient (Wildman–Crippen LogP) is 3.54. The van der Waals surface area contributed by atoms with Crippen LogP contribution in [0.2, 0.25) is 0 Å². The fraction of sp³-hybridized carbons (Fsp3) is 0.667. The summed E-state index contributed by atoms with van der Waals surface area (Å²) in [4.78, 5) is 19.6. The molecule has 1 aromatic carbocycles. The third kappa shape index (κ3) is 5.32. The summed E-state index contributed by atoms with van der Waals surface area (Å²) in [7, 11) is 0. The van der Waals surface area contributed by atoms with Crippen LogP contribution in [0.15, 0.2) is 29.3 Å². The number of carbonyl (C=O) groups excluding carboxylic acids is 1. The SMILES string of the molecule is CCN=C(NC1CCC(C(=O)N2CCSCC2)CC1)NC1CC1c1ccccc1C. The maximum atomic E-state index is 12.8. The van der Waals surface area contributed by atoms with E-state index in [4.69, 9.17) is 4.99 Å². The Hall–Kier alpha value is -1.69. The molecule has 2 aliphatic carbocycles. The lowest BCUT2D eigenvalue weighted by Crippen LogP contribution is -2.48. The Kier molecular flexibility index (Phi) is 7.24. The van der Waals surface area contributed by atoms with E-state index in [1.54, 1.807) is 0 Å². The lowest BCUT2D eigenvalue weighted by atomic mass is 9.85. The van der Waals surface area contributed by atoms with E-state index in [1.165, 1.54) is 17.5 Å². The highest BCUT2D eigenvalue weighted by Crippen LogP contribution is 2.42. The van der Waals surface area contributed by atoms with Crippen LogP contribution in [0.25, 0.3) is 0 Å². The van der Waals surface area contributed by atoms with Gasteiger partial charge in [-0.1, -0.05) is 24.3 Å². The Morgan fingerprint density at radius 1 is 1.13 bits per heavy atom. The van der Waals surface area contributed by atoms with Crippen LogP contribution >= 0.6 is 11.8 Å². The summed E-state index contributed by atoms with van der Waals surface area (Å²) in [6, 6.07) is 9.59. The van der Waals surface area contributed by atoms with E-state index in [0.29, 0.717) is 23.9 Å². The average molecular weight is 429 g/mol. The Bertz CT molecular complexity index is 753. The smallest absolute Gasteiger partial charge is 0.225 e. The third-order valence-electron chi connectivity index (χ3n) is 6.76. The summed E-state index contributed by atoms with van der Waals surface area (Å²) in [6.07, 6.45) is 5.26. The first-order valence-corrected chi connectivity index (χ1v) is 12.8. The molecule has 3 aliphatic rings. The topological polar surface area (TPSA) is 56.7 Å². The van der Waals surface area contributed by atoms with Gasteiger partial charge in [0.05, 0.1) is 0 Å². The van der Waals surface area contributed by atoms with E-state index in [2.05, 4.69) is 53.6 Å². The van der Waals surface area contributed by atoms with Gasteiger partial charge in [-0.2, -0.15) is 11.8 Å². The number of amides is 1. The Balaban J connectivity index is 1.25. The van der Waals surface area contributed by atoms with Crippen molar-refractivity contribution in [3.63, 3.8) is 0 Å². The summed E-state index contributed by atoms with van der Waals surface area (Å²) in [5.74, 6) is 4.34. The van der Waals surface area contributed by atoms with Crippen molar-refractivity contribution in [1.82, 2.24) is 15.5 Å². The van der Waals surface area contributed by atoms with Crippen molar-refractivity contribution in [3.8, 4) is 0 Å². The minimum absolute atomic E-state index is 0.222. The number of nitrogens with one attached hydrogen (secondary N) is 2. The first-order chi connectivity index (χ1) is 14.7. The molecule has 0 aromatic heterocycles. The number of hydrogen-bond acceptors (Lipinski definition) is 3. The van der Waals surface area contributed by atoms with Gasteiger partial charge in [-0.05, 0) is 57.1 Å². The number of carbonyl (C=O) groups is 1. The molecule has 2 atom stereocenters. The second-order valence-electron chi connectivity index (χ2n) is 8.90. The van der Waals surface area contributed by atoms with Gasteiger partial charge >= 0.3 is 0 Å². The van der Waals surface area contributed by atoms with Gasteiger partial charge < -0.3 is 15.5 Å². The summed E-state index contributed by atoms with van der Waals surface area (Å²) < 4.78 is 0. The molecule has 0 bridgehead atoms. The van der Waals surface area contributed by atoms with Gasteiger partial charge in [0.15, 0.2) is 5.96 Å². The monoisotopic (exact) mass is 428 g/mol. The van der Waals surface area contributed by atoms with Gasteiger partial charge in [0.1, 0.15) is 0 Å². The molecule has 2 unspecified atom stereocenters. The van der Waals surface area contributed by atoms with Gasteiger partial charge in [-0.25, -0.2) is 0 Å². The predicted molar refractivity (Wildman–Crippen MR) is 126 cm³/mol. The van der Waals surface area contributed by atoms with E-state index in [0.717, 1.165) is 62.8 Å². The maximum Gasteiger partial charge on any atom is 0.225 e. The average Bonchev–Trinajstić information content (AvgIpc) is 3.53. The molecule has 164 valence electrons. The van der Waals surface area contributed by atoms with E-state index in [1.807, 2.05) is 11.8 Å². The maximum absolute atomic E-state index is 12.8. The van der Waals surface area contributed by atoms with Crippen LogP contribution in [0.3, 0.4) is 0 Å². The highest BCUT2D eigenvalue weighted by Gasteiger charge is 2.40. The van der Waals surface area contributed by atoms with Gasteiger partial charge in [-0.3, -0.25) is 9.79 Å². The zero-order valence-corrected chi connectivity index (χ0v) is 19.2. The molecular weight excluding hydrogens is 392 g/mol. The summed E-state index contributed by atoms with van der Waals surface area (Å²) in [6.45, 7) is 6.93. The molecule has 1 heterocycles. The van der Waals surface area contributed by atoms with Crippen molar-refractivity contribution in [2.24, 2.45) is 10.9 Å². The number of hydrogen-bond donors (Lipinski definition) is 2. The largest absolute Gasteiger partial charge is 0.354 e. The van der Waals surface area contributed by atoms with Crippen molar-refractivity contribution < 1.29 is 4.79 Å². The molecule has 2 N–H and O–H groups in total. The van der Waals surface area contributed by atoms with E-state index in [9.17, 15) is 4.79 Å². The summed E-state index contributed by atoms with van der Waals surface area (Å²) in [5, 5.41) is 7.33. The van der Waals surface area contributed by atoms with Gasteiger partial charge in [-0.15, -0.1) is 0 Å². The normalized spacial score (nSPS) is 29.4. The molecule has 4 rings (SSSR count). The molecule has 30 heavy (non-hydrogen) atoms. The van der Waals surface area contributed by atoms with Crippen LogP contribution in [0.5, 0.6) is 0 Å². The number of guanidine groups is 1. The minimum Gasteiger partial charge on any atom is -0.354 e. The van der Waals surface area contributed by atoms with Crippen LogP contribution in [0.4, 0.5) is 0 Å². The second-order valence-corrected chi connectivity index (χ2v) is 10.1. The first kappa shape index (κ1) is 21.5. The van der Waals surface area contributed by atoms with Crippen LogP contribution in [-0.4, -0.2) is 60.0 Å². The van der Waals surface area contributed by atoms with Crippen LogP contribution in [0.1, 0.15) is 56.1 Å². The molecule has 6 heteroatoms. The van der Waals surface area contributed by atoms with Crippen molar-refractivity contribution in [1.29, 1.82) is 0 Å². The molecule has 2 saturated carbocycles. The Labute approximate surface area is 185 Å². The van der Waals surface area contributed by atoms with Crippen LogP contribution in [-0.2, 0) is 4.79 Å². The fourth-order valence-corrected chi connectivity index (χ4v) is 5.79. The molecule has 1 aromatic rings. The number of aliphatic imine (C=N–C) groups is 1. The molecule has 1 amide bonds. The number of thioether (sulfide) groups is 1. The zero-order chi connectivity index (χ0) is 20.9. The Morgan fingerprint density at radius 2 is 1.87 bits per heavy atom. The molecule has 0 radical (unpaired) electrons. The molecular formula is C24H36N4OS. The fourth-order valence-electron chi connectivity index (χ4n) is 4.89. The van der Waals surface area contributed by atoms with E-state index < -0.39 is 0 Å². The number of nitrogens with zero attached hydrogens (tertiary/aromatic N) is 2. The number of aryl methyl sites for hydroxylation is 1. The standard InChI is InChI=1S/C24H36N4OS/c1-3-25-24(27-22-16-21(22)20-7-5-4-6-17(20)2)26-19-10-8-18(9-11-19)23(29)28-12-14-30-15-13-28/h4-7,18-19,21-22H,3,8-16H2,1-2H3,(H2,25,26,27). The van der Waals surface area contributed by atoms with Crippen molar-refractivity contribution in [2.75, 3.05) is 31.1 Å². The molecule has 5 nitrogen and oxygen atoms in total. The summed E-state index contributed by atoms with van der Waals surface area (Å²) >= 11 is 1.96. The van der Waals surface area contributed by atoms with Crippen LogP contribution < -0.4 is 10.6 Å². The lowest BCUT2D eigenvalue weighted by Gasteiger charge is -2.34. The highest BCUT2D eigenvalue weighted by atomic mass is 32.2. The molecule has 0 spiro atoms. The summed E-state index contributed by atoms with van der Waals surface area (Å²) in [5.41, 5.74) is 2.84. The lowest BCUT2D eigenvalue weighted by molar-refractivity contribution is -0.136. The number of rotatable bonds is 5. The quantitative estimate of drug-likeness (QED) is 0.556. The Morgan fingerprint density at radius 3 is 2.57 bits per heavy atom. The zero-order valence-electron chi connectivity index (χ0n) is 18.4. The molecule has 1 aliphatic heterocycles. The number of benzene rings is 1. The highest BCUT2D eigenvalue weighted by molar-refractivity contribution is 7.99. The van der Waals surface area contributed by atoms with Gasteiger partial charge in [0.25, 0.3) is 0 Å². The van der Waals surface area contributed by atoms with Crippen LogP contribution in [0, 0.1) is 12.8 Å². The van der Waals surface area contributed by atoms with E-state index >= 15 is 0 Å². The molecule has 3 fully saturated rings. The first-order valence-electron chi connectivity index (χ1n) is 11.6. The third-order valence-corrected chi connectivity index (χ3v) is 7.70. The minimum atomic E-state index is 0.222. The van der Waals surface area contributed by atoms with Gasteiger partial charge in [0, 0.05) is 55.1 Å². The van der Waals surface area contributed by atoms with Crippen molar-refractivity contribution >= 4 is 23.6 Å². The van der Waals surface area contributed by atoms with E-state index in [-0.39, 0.29) is 5.92 Å². The molecule has 1 saturated heterocycles. The van der Waals surface area contributed by atoms with Crippen molar-refractivity contribution in [2.45, 2.75) is 64.0 Å².